The number of methoxy groups -OCH3 is 2. The summed E-state index contributed by atoms with van der Waals surface area (Å²) in [5.41, 5.74) is -0.663. The lowest BCUT2D eigenvalue weighted by Gasteiger charge is -2.22. The third-order valence-corrected chi connectivity index (χ3v) is 2.84. The number of ether oxygens (including phenoxy) is 2. The van der Waals surface area contributed by atoms with Gasteiger partial charge in [-0.2, -0.15) is 0 Å². The SMILES string of the molecule is COC(=O)C(C)(C)CNC(=O)Nc1cc(F)ccc1OC. The van der Waals surface area contributed by atoms with E-state index in [0.717, 1.165) is 6.07 Å². The molecule has 2 N–H and O–H groups in total. The topological polar surface area (TPSA) is 76.7 Å². The molecule has 0 unspecified atom stereocenters. The average molecular weight is 298 g/mol. The van der Waals surface area contributed by atoms with Crippen molar-refractivity contribution in [3.63, 3.8) is 0 Å². The fraction of sp³-hybridized carbons (Fsp3) is 0.429. The van der Waals surface area contributed by atoms with Crippen LogP contribution in [0.4, 0.5) is 14.9 Å². The van der Waals surface area contributed by atoms with E-state index in [4.69, 9.17) is 4.74 Å². The van der Waals surface area contributed by atoms with E-state index in [0.29, 0.717) is 5.75 Å². The molecule has 7 heteroatoms. The van der Waals surface area contributed by atoms with Gasteiger partial charge in [0.25, 0.3) is 0 Å². The molecule has 116 valence electrons. The van der Waals surface area contributed by atoms with E-state index >= 15 is 0 Å². The number of hydrogen-bond donors (Lipinski definition) is 2. The minimum absolute atomic E-state index is 0.0726. The normalized spacial score (nSPS) is 10.7. The Hall–Kier alpha value is -2.31. The predicted octanol–water partition coefficient (Wildman–Crippen LogP) is 2.15. The molecule has 0 aromatic heterocycles. The van der Waals surface area contributed by atoms with Gasteiger partial charge in [0.1, 0.15) is 11.6 Å². The van der Waals surface area contributed by atoms with Crippen molar-refractivity contribution < 1.29 is 23.5 Å². The van der Waals surface area contributed by atoms with E-state index in [2.05, 4.69) is 15.4 Å². The highest BCUT2D eigenvalue weighted by Crippen LogP contribution is 2.24. The van der Waals surface area contributed by atoms with Gasteiger partial charge in [0.05, 0.1) is 25.3 Å². The number of rotatable bonds is 5. The number of nitrogens with one attached hydrogen (secondary N) is 2. The maximum absolute atomic E-state index is 13.2. The summed E-state index contributed by atoms with van der Waals surface area (Å²) in [6, 6.07) is 3.20. The number of anilines is 1. The van der Waals surface area contributed by atoms with Crippen LogP contribution in [0.5, 0.6) is 5.75 Å². The van der Waals surface area contributed by atoms with Crippen molar-refractivity contribution in [1.29, 1.82) is 0 Å². The smallest absolute Gasteiger partial charge is 0.319 e. The Bertz CT molecular complexity index is 532. The Morgan fingerprint density at radius 3 is 2.52 bits per heavy atom. The Morgan fingerprint density at radius 2 is 1.95 bits per heavy atom. The summed E-state index contributed by atoms with van der Waals surface area (Å²) in [5.74, 6) is -0.606. The highest BCUT2D eigenvalue weighted by Gasteiger charge is 2.29. The van der Waals surface area contributed by atoms with Crippen LogP contribution >= 0.6 is 0 Å². The zero-order valence-corrected chi connectivity index (χ0v) is 12.5. The maximum atomic E-state index is 13.2. The van der Waals surface area contributed by atoms with Crippen LogP contribution < -0.4 is 15.4 Å². The van der Waals surface area contributed by atoms with Gasteiger partial charge in [0.2, 0.25) is 0 Å². The first-order chi connectivity index (χ1) is 9.80. The predicted molar refractivity (Wildman–Crippen MR) is 75.8 cm³/mol. The van der Waals surface area contributed by atoms with Gasteiger partial charge in [-0.15, -0.1) is 0 Å². The maximum Gasteiger partial charge on any atom is 0.319 e. The number of amides is 2. The third-order valence-electron chi connectivity index (χ3n) is 2.84. The van der Waals surface area contributed by atoms with E-state index in [-0.39, 0.29) is 12.2 Å². The first-order valence-corrected chi connectivity index (χ1v) is 6.27. The number of carbonyl (C=O) groups excluding carboxylic acids is 2. The largest absolute Gasteiger partial charge is 0.495 e. The summed E-state index contributed by atoms with van der Waals surface area (Å²) < 4.78 is 22.8. The highest BCUT2D eigenvalue weighted by molar-refractivity contribution is 5.91. The van der Waals surface area contributed by atoms with Crippen molar-refractivity contribution in [1.82, 2.24) is 5.32 Å². The summed E-state index contributed by atoms with van der Waals surface area (Å²) in [7, 11) is 2.69. The zero-order chi connectivity index (χ0) is 16.0. The molecular weight excluding hydrogens is 279 g/mol. The van der Waals surface area contributed by atoms with Crippen LogP contribution in [0.2, 0.25) is 0 Å². The molecule has 0 heterocycles. The fourth-order valence-corrected chi connectivity index (χ4v) is 1.59. The molecule has 0 radical (unpaired) electrons. The number of hydrogen-bond acceptors (Lipinski definition) is 4. The summed E-state index contributed by atoms with van der Waals surface area (Å²) >= 11 is 0. The van der Waals surface area contributed by atoms with Crippen molar-refractivity contribution in [2.75, 3.05) is 26.1 Å². The van der Waals surface area contributed by atoms with E-state index in [1.165, 1.54) is 26.4 Å². The van der Waals surface area contributed by atoms with Crippen LogP contribution in [-0.2, 0) is 9.53 Å². The fourth-order valence-electron chi connectivity index (χ4n) is 1.59. The zero-order valence-electron chi connectivity index (χ0n) is 12.5. The molecule has 0 spiro atoms. The molecule has 0 aliphatic rings. The van der Waals surface area contributed by atoms with Gasteiger partial charge >= 0.3 is 12.0 Å². The summed E-state index contributed by atoms with van der Waals surface area (Å²) in [6.07, 6.45) is 0. The van der Waals surface area contributed by atoms with Crippen molar-refractivity contribution in [3.05, 3.63) is 24.0 Å². The number of esters is 1. The number of benzene rings is 1. The Labute approximate surface area is 122 Å². The molecule has 0 saturated heterocycles. The van der Waals surface area contributed by atoms with E-state index < -0.39 is 23.2 Å². The summed E-state index contributed by atoms with van der Waals surface area (Å²) in [6.45, 7) is 3.35. The molecule has 0 bridgehead atoms. The van der Waals surface area contributed by atoms with Gasteiger partial charge in [0, 0.05) is 12.6 Å². The second kappa shape index (κ2) is 6.92. The Balaban J connectivity index is 2.66. The van der Waals surface area contributed by atoms with Crippen molar-refractivity contribution in [2.45, 2.75) is 13.8 Å². The summed E-state index contributed by atoms with van der Waals surface area (Å²) in [5, 5.41) is 4.99. The summed E-state index contributed by atoms with van der Waals surface area (Å²) in [4.78, 5) is 23.3. The van der Waals surface area contributed by atoms with Gasteiger partial charge in [-0.1, -0.05) is 0 Å². The van der Waals surface area contributed by atoms with Crippen LogP contribution in [-0.4, -0.2) is 32.8 Å². The van der Waals surface area contributed by atoms with Gasteiger partial charge in [-0.05, 0) is 26.0 Å². The van der Waals surface area contributed by atoms with E-state index in [1.54, 1.807) is 13.8 Å². The standard InChI is InChI=1S/C14H19FN2O4/c1-14(2,12(18)21-4)8-16-13(19)17-10-7-9(15)5-6-11(10)20-3/h5-7H,8H2,1-4H3,(H2,16,17,19). The Morgan fingerprint density at radius 1 is 1.29 bits per heavy atom. The van der Waals surface area contributed by atoms with Crippen LogP contribution in [0.1, 0.15) is 13.8 Å². The molecule has 21 heavy (non-hydrogen) atoms. The monoisotopic (exact) mass is 298 g/mol. The lowest BCUT2D eigenvalue weighted by atomic mass is 9.94. The second-order valence-corrected chi connectivity index (χ2v) is 5.03. The molecular formula is C14H19FN2O4. The lowest BCUT2D eigenvalue weighted by Crippen LogP contribution is -2.41. The average Bonchev–Trinajstić information content (AvgIpc) is 2.44. The number of halogens is 1. The minimum Gasteiger partial charge on any atom is -0.495 e. The van der Waals surface area contributed by atoms with Gasteiger partial charge in [0.15, 0.2) is 0 Å². The first-order valence-electron chi connectivity index (χ1n) is 6.27. The van der Waals surface area contributed by atoms with Crippen molar-refractivity contribution in [2.24, 2.45) is 5.41 Å². The van der Waals surface area contributed by atoms with Crippen molar-refractivity contribution in [3.8, 4) is 5.75 Å². The van der Waals surface area contributed by atoms with Crippen molar-refractivity contribution >= 4 is 17.7 Å². The van der Waals surface area contributed by atoms with Crippen LogP contribution in [0.25, 0.3) is 0 Å². The first kappa shape index (κ1) is 16.7. The van der Waals surface area contributed by atoms with E-state index in [1.807, 2.05) is 0 Å². The quantitative estimate of drug-likeness (QED) is 0.817. The van der Waals surface area contributed by atoms with Crippen LogP contribution in [0.15, 0.2) is 18.2 Å². The molecule has 1 aromatic rings. The molecule has 0 fully saturated rings. The molecule has 1 aromatic carbocycles. The van der Waals surface area contributed by atoms with Gasteiger partial charge in [-0.25, -0.2) is 9.18 Å². The molecule has 0 aliphatic heterocycles. The Kier molecular flexibility index (Phi) is 5.52. The van der Waals surface area contributed by atoms with Gasteiger partial charge in [-0.3, -0.25) is 4.79 Å². The third kappa shape index (κ3) is 4.62. The van der Waals surface area contributed by atoms with Gasteiger partial charge < -0.3 is 20.1 Å². The molecule has 6 nitrogen and oxygen atoms in total. The number of urea groups is 1. The molecule has 0 aliphatic carbocycles. The van der Waals surface area contributed by atoms with Crippen LogP contribution in [0, 0.1) is 11.2 Å². The van der Waals surface area contributed by atoms with E-state index in [9.17, 15) is 14.0 Å². The van der Waals surface area contributed by atoms with Crippen LogP contribution in [0.3, 0.4) is 0 Å². The highest BCUT2D eigenvalue weighted by atomic mass is 19.1. The second-order valence-electron chi connectivity index (χ2n) is 5.03. The molecule has 0 saturated carbocycles. The molecule has 2 amide bonds. The molecule has 1 rings (SSSR count). The minimum atomic E-state index is -0.863. The molecule has 0 atom stereocenters. The lowest BCUT2D eigenvalue weighted by molar-refractivity contribution is -0.150. The number of carbonyl (C=O) groups is 2.